The third-order valence-corrected chi connectivity index (χ3v) is 11.4. The molecule has 2 saturated heterocycles. The van der Waals surface area contributed by atoms with Gasteiger partial charge in [-0.3, -0.25) is 0 Å². The van der Waals surface area contributed by atoms with Crippen LogP contribution < -0.4 is 0 Å². The number of amides is 1. The maximum Gasteiger partial charge on any atom is 0.409 e. The molecule has 0 bridgehead atoms. The Labute approximate surface area is 209 Å². The van der Waals surface area contributed by atoms with Crippen LogP contribution in [0.5, 0.6) is 0 Å². The predicted molar refractivity (Wildman–Crippen MR) is 133 cm³/mol. The zero-order valence-electron chi connectivity index (χ0n) is 22.0. The van der Waals surface area contributed by atoms with Crippen LogP contribution >= 0.6 is 0 Å². The number of ether oxygens (including phenoxy) is 2. The summed E-state index contributed by atoms with van der Waals surface area (Å²) in [5.74, 6) is 1.59. The van der Waals surface area contributed by atoms with E-state index >= 15 is 0 Å². The van der Waals surface area contributed by atoms with Crippen LogP contribution in [0.25, 0.3) is 0 Å². The molecule has 0 aromatic rings. The maximum atomic E-state index is 12.7. The molecule has 0 radical (unpaired) electrons. The fourth-order valence-corrected chi connectivity index (χ4v) is 9.78. The lowest BCUT2D eigenvalue weighted by Crippen LogP contribution is -2.54. The molecule has 35 heavy (non-hydrogen) atoms. The second-order valence-corrected chi connectivity index (χ2v) is 12.9. The van der Waals surface area contributed by atoms with E-state index in [0.29, 0.717) is 24.3 Å². The number of nitrogens with zero attached hydrogens (tertiary/aromatic N) is 1. The highest BCUT2D eigenvalue weighted by molar-refractivity contribution is 5.68. The molecule has 0 aromatic carbocycles. The summed E-state index contributed by atoms with van der Waals surface area (Å²) < 4.78 is 12.2. The van der Waals surface area contributed by atoms with E-state index < -0.39 is 11.7 Å². The van der Waals surface area contributed by atoms with Crippen LogP contribution in [-0.4, -0.2) is 64.8 Å². The number of methoxy groups -OCH3 is 1. The lowest BCUT2D eigenvalue weighted by atomic mass is 9.56. The number of rotatable bonds is 0. The first-order chi connectivity index (χ1) is 16.6. The number of carbonyl (C=O) groups excluding carboxylic acids is 1. The summed E-state index contributed by atoms with van der Waals surface area (Å²) in [5, 5.41) is 22.3. The van der Waals surface area contributed by atoms with Crippen molar-refractivity contribution in [2.45, 2.75) is 103 Å². The van der Waals surface area contributed by atoms with E-state index in [0.717, 1.165) is 44.9 Å². The molecule has 2 saturated carbocycles. The summed E-state index contributed by atoms with van der Waals surface area (Å²) >= 11 is 0. The molecule has 4 fully saturated rings. The molecular formula is C29H43NO5. The van der Waals surface area contributed by atoms with Crippen molar-refractivity contribution in [3.05, 3.63) is 22.8 Å². The fraction of sp³-hybridized carbons (Fsp3) is 0.828. The van der Waals surface area contributed by atoms with Gasteiger partial charge in [-0.1, -0.05) is 32.4 Å². The second kappa shape index (κ2) is 8.06. The van der Waals surface area contributed by atoms with Gasteiger partial charge in [-0.2, -0.15) is 0 Å². The predicted octanol–water partition coefficient (Wildman–Crippen LogP) is 4.45. The van der Waals surface area contributed by atoms with E-state index in [1.165, 1.54) is 23.8 Å². The first-order valence-electron chi connectivity index (χ1n) is 13.9. The van der Waals surface area contributed by atoms with Gasteiger partial charge in [-0.05, 0) is 86.2 Å². The van der Waals surface area contributed by atoms with Gasteiger partial charge in [-0.15, -0.1) is 0 Å². The number of carbonyl (C=O) groups is 1. The van der Waals surface area contributed by atoms with Crippen LogP contribution in [0.3, 0.4) is 0 Å². The molecule has 194 valence electrons. The van der Waals surface area contributed by atoms with Crippen LogP contribution in [0.15, 0.2) is 22.8 Å². The number of hydrogen-bond acceptors (Lipinski definition) is 5. The fourth-order valence-electron chi connectivity index (χ4n) is 9.78. The van der Waals surface area contributed by atoms with Crippen LogP contribution in [0.2, 0.25) is 0 Å². The maximum absolute atomic E-state index is 12.7. The zero-order valence-corrected chi connectivity index (χ0v) is 22.0. The van der Waals surface area contributed by atoms with Gasteiger partial charge in [0.25, 0.3) is 0 Å². The Bertz CT molecular complexity index is 974. The van der Waals surface area contributed by atoms with Crippen molar-refractivity contribution in [3.63, 3.8) is 0 Å². The first kappa shape index (κ1) is 24.0. The Morgan fingerprint density at radius 2 is 2.00 bits per heavy atom. The third kappa shape index (κ3) is 3.15. The molecule has 6 nitrogen and oxygen atoms in total. The van der Waals surface area contributed by atoms with Crippen LogP contribution in [-0.2, 0) is 9.47 Å². The Kier molecular flexibility index (Phi) is 5.53. The van der Waals surface area contributed by atoms with Crippen molar-refractivity contribution in [2.75, 3.05) is 13.7 Å². The van der Waals surface area contributed by atoms with E-state index in [-0.39, 0.29) is 41.6 Å². The van der Waals surface area contributed by atoms with Gasteiger partial charge < -0.3 is 24.6 Å². The molecule has 6 rings (SSSR count). The van der Waals surface area contributed by atoms with Crippen molar-refractivity contribution in [1.29, 1.82) is 0 Å². The molecule has 2 heterocycles. The zero-order chi connectivity index (χ0) is 24.9. The summed E-state index contributed by atoms with van der Waals surface area (Å²) in [6.07, 6.45) is 7.92. The van der Waals surface area contributed by atoms with E-state index in [2.05, 4.69) is 33.8 Å². The SMILES string of the molecule is COC(=O)N1CC(C)CC2OC3(CCC4C(=C3C)C(O)C3C4CC=C4CC(O)CCC43C)C(C)C21. The number of likely N-dealkylation sites (tertiary alicyclic amines) is 1. The first-order valence-corrected chi connectivity index (χ1v) is 13.9. The molecule has 2 aliphatic heterocycles. The van der Waals surface area contributed by atoms with E-state index in [4.69, 9.17) is 9.47 Å². The van der Waals surface area contributed by atoms with Gasteiger partial charge in [0.2, 0.25) is 0 Å². The molecule has 2 N–H and O–H groups in total. The molecular weight excluding hydrogens is 442 g/mol. The number of fused-ring (bicyclic) bond motifs is 6. The highest BCUT2D eigenvalue weighted by Crippen LogP contribution is 2.65. The molecule has 1 amide bonds. The third-order valence-electron chi connectivity index (χ3n) is 11.4. The van der Waals surface area contributed by atoms with Gasteiger partial charge in [0.15, 0.2) is 0 Å². The van der Waals surface area contributed by atoms with Gasteiger partial charge in [0.05, 0.1) is 37.1 Å². The van der Waals surface area contributed by atoms with Crippen molar-refractivity contribution >= 4 is 6.09 Å². The van der Waals surface area contributed by atoms with Gasteiger partial charge in [-0.25, -0.2) is 4.79 Å². The van der Waals surface area contributed by atoms with Gasteiger partial charge in [0, 0.05) is 18.4 Å². The summed E-state index contributed by atoms with van der Waals surface area (Å²) in [7, 11) is 1.47. The average Bonchev–Trinajstić information content (AvgIpc) is 3.28. The van der Waals surface area contributed by atoms with E-state index in [9.17, 15) is 15.0 Å². The summed E-state index contributed by atoms with van der Waals surface area (Å²) in [6.45, 7) is 9.70. The minimum Gasteiger partial charge on any atom is -0.453 e. The number of hydrogen-bond donors (Lipinski definition) is 2. The Balaban J connectivity index is 1.37. The van der Waals surface area contributed by atoms with Crippen LogP contribution in [0.1, 0.15) is 72.6 Å². The molecule has 4 aliphatic carbocycles. The summed E-state index contributed by atoms with van der Waals surface area (Å²) in [6, 6.07) is 0.0113. The topological polar surface area (TPSA) is 79.2 Å². The van der Waals surface area contributed by atoms with Crippen LogP contribution in [0, 0.1) is 35.0 Å². The Hall–Kier alpha value is -1.37. The van der Waals surface area contributed by atoms with Gasteiger partial charge >= 0.3 is 6.09 Å². The minimum atomic E-state index is -0.458. The van der Waals surface area contributed by atoms with Crippen molar-refractivity contribution in [3.8, 4) is 0 Å². The Morgan fingerprint density at radius 3 is 2.74 bits per heavy atom. The molecule has 11 atom stereocenters. The molecule has 11 unspecified atom stereocenters. The van der Waals surface area contributed by atoms with Crippen LogP contribution in [0.4, 0.5) is 4.79 Å². The normalized spacial score (nSPS) is 50.9. The standard InChI is InChI=1S/C29H43NO5/c1-15-12-22-25(30(14-15)27(33)34-5)17(3)29(35-22)11-9-20-21-7-6-18-13-19(31)8-10-28(18,4)24(21)26(32)23(20)16(29)2/h6,15,17,19-22,24-26,31-32H,7-14H2,1-5H3. The van der Waals surface area contributed by atoms with E-state index in [1.54, 1.807) is 0 Å². The molecule has 6 heteroatoms. The monoisotopic (exact) mass is 485 g/mol. The molecule has 1 spiro atoms. The lowest BCUT2D eigenvalue weighted by molar-refractivity contribution is -0.0634. The number of allylic oxidation sites excluding steroid dienone is 1. The van der Waals surface area contributed by atoms with Crippen molar-refractivity contribution in [1.82, 2.24) is 4.90 Å². The second-order valence-electron chi connectivity index (χ2n) is 12.9. The smallest absolute Gasteiger partial charge is 0.409 e. The highest BCUT2D eigenvalue weighted by atomic mass is 16.5. The quantitative estimate of drug-likeness (QED) is 0.496. The number of aliphatic hydroxyl groups is 2. The Morgan fingerprint density at radius 1 is 1.23 bits per heavy atom. The summed E-state index contributed by atoms with van der Waals surface area (Å²) in [5.41, 5.74) is 3.37. The lowest BCUT2D eigenvalue weighted by Gasteiger charge is -2.49. The average molecular weight is 486 g/mol. The van der Waals surface area contributed by atoms with E-state index in [1.807, 2.05) is 4.90 Å². The largest absolute Gasteiger partial charge is 0.453 e. The molecule has 6 aliphatic rings. The number of piperidine rings is 1. The van der Waals surface area contributed by atoms with Gasteiger partial charge in [0.1, 0.15) is 0 Å². The summed E-state index contributed by atoms with van der Waals surface area (Å²) in [4.78, 5) is 14.6. The van der Waals surface area contributed by atoms with Crippen molar-refractivity contribution in [2.24, 2.45) is 35.0 Å². The highest BCUT2D eigenvalue weighted by Gasteiger charge is 2.64. The number of aliphatic hydroxyl groups excluding tert-OH is 2. The van der Waals surface area contributed by atoms with Crippen molar-refractivity contribution < 1.29 is 24.5 Å². The molecule has 0 aromatic heterocycles. The minimum absolute atomic E-state index is 0.00592.